The lowest BCUT2D eigenvalue weighted by atomic mass is 10.1. The molecule has 35 heavy (non-hydrogen) atoms. The first-order chi connectivity index (χ1) is 16.9. The van der Waals surface area contributed by atoms with Crippen molar-refractivity contribution in [2.45, 2.75) is 25.9 Å². The van der Waals surface area contributed by atoms with Crippen LogP contribution in [-0.4, -0.2) is 29.3 Å². The fourth-order valence-corrected chi connectivity index (χ4v) is 4.12. The SMILES string of the molecule is FC(F)(F)Oc1cccc(CN(CCCNc2ccnc3cc(Cl)ccc23)Cc2ccccc2)c1. The van der Waals surface area contributed by atoms with Crippen LogP contribution in [0, 0.1) is 0 Å². The molecule has 3 aromatic carbocycles. The van der Waals surface area contributed by atoms with E-state index in [4.69, 9.17) is 11.6 Å². The van der Waals surface area contributed by atoms with Crippen LogP contribution in [0.1, 0.15) is 17.5 Å². The Morgan fingerprint density at radius 2 is 1.66 bits per heavy atom. The average Bonchev–Trinajstić information content (AvgIpc) is 2.81. The summed E-state index contributed by atoms with van der Waals surface area (Å²) >= 11 is 6.08. The van der Waals surface area contributed by atoms with Crippen LogP contribution in [-0.2, 0) is 13.1 Å². The van der Waals surface area contributed by atoms with Crippen LogP contribution in [0.2, 0.25) is 5.02 Å². The summed E-state index contributed by atoms with van der Waals surface area (Å²) in [7, 11) is 0. The van der Waals surface area contributed by atoms with E-state index in [9.17, 15) is 13.2 Å². The number of anilines is 1. The second-order valence-electron chi connectivity index (χ2n) is 8.19. The van der Waals surface area contributed by atoms with Crippen molar-refractivity contribution in [1.29, 1.82) is 0 Å². The van der Waals surface area contributed by atoms with Gasteiger partial charge in [0, 0.05) is 48.5 Å². The van der Waals surface area contributed by atoms with Crippen molar-refractivity contribution >= 4 is 28.2 Å². The Morgan fingerprint density at radius 1 is 0.886 bits per heavy atom. The zero-order valence-electron chi connectivity index (χ0n) is 18.9. The van der Waals surface area contributed by atoms with Gasteiger partial charge in [0.2, 0.25) is 0 Å². The molecule has 0 saturated carbocycles. The molecule has 0 aliphatic rings. The summed E-state index contributed by atoms with van der Waals surface area (Å²) in [5.41, 5.74) is 3.71. The van der Waals surface area contributed by atoms with Crippen LogP contribution in [0.25, 0.3) is 10.9 Å². The number of halogens is 4. The molecule has 4 rings (SSSR count). The number of aromatic nitrogens is 1. The van der Waals surface area contributed by atoms with Crippen molar-refractivity contribution in [2.24, 2.45) is 0 Å². The van der Waals surface area contributed by atoms with Crippen LogP contribution >= 0.6 is 11.6 Å². The maximum atomic E-state index is 12.6. The number of hydrogen-bond acceptors (Lipinski definition) is 4. The van der Waals surface area contributed by atoms with Crippen LogP contribution in [0.4, 0.5) is 18.9 Å². The summed E-state index contributed by atoms with van der Waals surface area (Å²) in [4.78, 5) is 6.59. The molecule has 182 valence electrons. The van der Waals surface area contributed by atoms with Crippen molar-refractivity contribution in [1.82, 2.24) is 9.88 Å². The van der Waals surface area contributed by atoms with Crippen molar-refractivity contribution in [2.75, 3.05) is 18.4 Å². The molecule has 1 N–H and O–H groups in total. The molecule has 4 aromatic rings. The number of nitrogens with one attached hydrogen (secondary N) is 1. The van der Waals surface area contributed by atoms with Crippen molar-refractivity contribution < 1.29 is 17.9 Å². The minimum absolute atomic E-state index is 0.207. The molecule has 0 amide bonds. The van der Waals surface area contributed by atoms with Gasteiger partial charge in [0.05, 0.1) is 5.52 Å². The molecule has 8 heteroatoms. The van der Waals surface area contributed by atoms with E-state index in [1.54, 1.807) is 12.3 Å². The highest BCUT2D eigenvalue weighted by atomic mass is 35.5. The Kier molecular flexibility index (Phi) is 8.10. The van der Waals surface area contributed by atoms with Crippen LogP contribution < -0.4 is 10.1 Å². The maximum absolute atomic E-state index is 12.6. The van der Waals surface area contributed by atoms with Gasteiger partial charge in [-0.1, -0.05) is 54.1 Å². The molecule has 4 nitrogen and oxygen atoms in total. The highest BCUT2D eigenvalue weighted by molar-refractivity contribution is 6.31. The molecule has 1 aromatic heterocycles. The first-order valence-electron chi connectivity index (χ1n) is 11.2. The van der Waals surface area contributed by atoms with Gasteiger partial charge in [0.25, 0.3) is 0 Å². The molecule has 0 fully saturated rings. The second kappa shape index (κ2) is 11.4. The monoisotopic (exact) mass is 499 g/mol. The third-order valence-electron chi connectivity index (χ3n) is 5.46. The summed E-state index contributed by atoms with van der Waals surface area (Å²) in [5, 5.41) is 5.11. The number of hydrogen-bond donors (Lipinski definition) is 1. The summed E-state index contributed by atoms with van der Waals surface area (Å²) in [5.74, 6) is -0.207. The topological polar surface area (TPSA) is 37.4 Å². The first-order valence-corrected chi connectivity index (χ1v) is 11.6. The van der Waals surface area contributed by atoms with E-state index >= 15 is 0 Å². The molecule has 0 atom stereocenters. The Bertz CT molecular complexity index is 1250. The number of benzene rings is 3. The zero-order chi connectivity index (χ0) is 24.7. The Labute approximate surface area is 207 Å². The van der Waals surface area contributed by atoms with E-state index in [0.717, 1.165) is 47.2 Å². The number of pyridine rings is 1. The van der Waals surface area contributed by atoms with E-state index < -0.39 is 6.36 Å². The fraction of sp³-hybridized carbons (Fsp3) is 0.222. The van der Waals surface area contributed by atoms with Crippen LogP contribution in [0.15, 0.2) is 85.1 Å². The zero-order valence-corrected chi connectivity index (χ0v) is 19.7. The van der Waals surface area contributed by atoms with Crippen LogP contribution in [0.3, 0.4) is 0 Å². The average molecular weight is 500 g/mol. The summed E-state index contributed by atoms with van der Waals surface area (Å²) in [6, 6.07) is 23.7. The molecule has 1 heterocycles. The lowest BCUT2D eigenvalue weighted by Crippen LogP contribution is -2.25. The molecule has 0 aliphatic heterocycles. The highest BCUT2D eigenvalue weighted by Crippen LogP contribution is 2.25. The fourth-order valence-electron chi connectivity index (χ4n) is 3.96. The molecule has 0 spiro atoms. The Balaban J connectivity index is 1.41. The molecule has 0 unspecified atom stereocenters. The minimum Gasteiger partial charge on any atom is -0.406 e. The van der Waals surface area contributed by atoms with Gasteiger partial charge in [0.15, 0.2) is 0 Å². The molecule has 0 saturated heterocycles. The van der Waals surface area contributed by atoms with E-state index in [1.807, 2.05) is 60.7 Å². The normalized spacial score (nSPS) is 11.7. The van der Waals surface area contributed by atoms with Gasteiger partial charge in [0.1, 0.15) is 5.75 Å². The summed E-state index contributed by atoms with van der Waals surface area (Å²) < 4.78 is 42.0. The Morgan fingerprint density at radius 3 is 2.46 bits per heavy atom. The van der Waals surface area contributed by atoms with Gasteiger partial charge < -0.3 is 10.1 Å². The van der Waals surface area contributed by atoms with Gasteiger partial charge in [-0.05, 0) is 53.9 Å². The molecular formula is C27H25ClF3N3O. The van der Waals surface area contributed by atoms with Gasteiger partial charge >= 0.3 is 6.36 Å². The lowest BCUT2D eigenvalue weighted by Gasteiger charge is -2.23. The smallest absolute Gasteiger partial charge is 0.406 e. The Hall–Kier alpha value is -3.29. The van der Waals surface area contributed by atoms with Gasteiger partial charge in [-0.3, -0.25) is 9.88 Å². The first kappa shape index (κ1) is 24.8. The van der Waals surface area contributed by atoms with Crippen molar-refractivity contribution in [3.63, 3.8) is 0 Å². The number of alkyl halides is 3. The van der Waals surface area contributed by atoms with Gasteiger partial charge in [-0.2, -0.15) is 0 Å². The molecule has 0 aliphatic carbocycles. The largest absolute Gasteiger partial charge is 0.573 e. The van der Waals surface area contributed by atoms with Crippen molar-refractivity contribution in [3.05, 3.63) is 101 Å². The highest BCUT2D eigenvalue weighted by Gasteiger charge is 2.31. The number of fused-ring (bicyclic) bond motifs is 1. The van der Waals surface area contributed by atoms with Gasteiger partial charge in [-0.25, -0.2) is 0 Å². The molecule has 0 bridgehead atoms. The molecular weight excluding hydrogens is 475 g/mol. The maximum Gasteiger partial charge on any atom is 0.573 e. The number of ether oxygens (including phenoxy) is 1. The standard InChI is InChI=1S/C27H25ClF3N3O/c28-22-10-11-24-25(12-14-33-26(24)17-22)32-13-5-15-34(18-20-6-2-1-3-7-20)19-21-8-4-9-23(16-21)35-27(29,30)31/h1-4,6-12,14,16-17H,5,13,15,18-19H2,(H,32,33). The van der Waals surface area contributed by atoms with Crippen molar-refractivity contribution in [3.8, 4) is 5.75 Å². The van der Waals surface area contributed by atoms with E-state index in [1.165, 1.54) is 12.1 Å². The lowest BCUT2D eigenvalue weighted by molar-refractivity contribution is -0.274. The molecule has 0 radical (unpaired) electrons. The predicted octanol–water partition coefficient (Wildman–Crippen LogP) is 7.29. The van der Waals surface area contributed by atoms with Gasteiger partial charge in [-0.15, -0.1) is 13.2 Å². The number of nitrogens with zero attached hydrogens (tertiary/aromatic N) is 2. The van der Waals surface area contributed by atoms with E-state index in [0.29, 0.717) is 18.1 Å². The number of rotatable bonds is 10. The summed E-state index contributed by atoms with van der Waals surface area (Å²) in [6.45, 7) is 2.66. The third-order valence-corrected chi connectivity index (χ3v) is 5.69. The minimum atomic E-state index is -4.71. The van der Waals surface area contributed by atoms with E-state index in [2.05, 4.69) is 19.9 Å². The quantitative estimate of drug-likeness (QED) is 0.232. The predicted molar refractivity (Wildman–Crippen MR) is 134 cm³/mol. The summed E-state index contributed by atoms with van der Waals surface area (Å²) in [6.07, 6.45) is -2.13. The second-order valence-corrected chi connectivity index (χ2v) is 8.63. The van der Waals surface area contributed by atoms with E-state index in [-0.39, 0.29) is 5.75 Å². The third kappa shape index (κ3) is 7.60. The van der Waals surface area contributed by atoms with Crippen LogP contribution in [0.5, 0.6) is 5.75 Å².